The Morgan fingerprint density at radius 3 is 2.29 bits per heavy atom. The van der Waals surface area contributed by atoms with Crippen molar-refractivity contribution in [1.82, 2.24) is 0 Å². The molecule has 0 bridgehead atoms. The van der Waals surface area contributed by atoms with Gasteiger partial charge in [0.2, 0.25) is 0 Å². The Hall–Kier alpha value is -1.67. The Morgan fingerprint density at radius 2 is 1.71 bits per heavy atom. The minimum atomic E-state index is -0.404. The van der Waals surface area contributed by atoms with Gasteiger partial charge in [0.05, 0.1) is 0 Å². The molecule has 2 aromatic carbocycles. The van der Waals surface area contributed by atoms with Crippen LogP contribution in [0.25, 0.3) is 0 Å². The van der Waals surface area contributed by atoms with E-state index in [9.17, 15) is 9.18 Å². The molecule has 0 heterocycles. The van der Waals surface area contributed by atoms with Gasteiger partial charge in [-0.3, -0.25) is 4.79 Å². The van der Waals surface area contributed by atoms with Gasteiger partial charge in [-0.15, -0.1) is 0 Å². The number of benzene rings is 2. The maximum absolute atomic E-state index is 13.7. The highest BCUT2D eigenvalue weighted by atomic mass is 35.5. The van der Waals surface area contributed by atoms with E-state index in [0.29, 0.717) is 16.1 Å². The molecule has 0 aliphatic rings. The fourth-order valence-corrected chi connectivity index (χ4v) is 2.30. The number of rotatable bonds is 3. The maximum atomic E-state index is 13.7. The first kappa shape index (κ1) is 15.7. The number of carbonyl (C=O) groups is 1. The van der Waals surface area contributed by atoms with Crippen LogP contribution in [0.2, 0.25) is 5.02 Å². The van der Waals surface area contributed by atoms with Crippen LogP contribution in [0, 0.1) is 5.82 Å². The predicted molar refractivity (Wildman–Crippen MR) is 84.6 cm³/mol. The van der Waals surface area contributed by atoms with E-state index in [1.165, 1.54) is 18.2 Å². The predicted octanol–water partition coefficient (Wildman–Crippen LogP) is 5.20. The fourth-order valence-electron chi connectivity index (χ4n) is 2.11. The largest absolute Gasteiger partial charge is 0.294 e. The second-order valence-corrected chi connectivity index (χ2v) is 6.60. The second kappa shape index (κ2) is 5.98. The molecule has 2 aromatic rings. The molecule has 110 valence electrons. The number of halogens is 2. The first-order valence-corrected chi connectivity index (χ1v) is 7.23. The van der Waals surface area contributed by atoms with E-state index >= 15 is 0 Å². The zero-order chi connectivity index (χ0) is 15.6. The molecule has 0 amide bonds. The van der Waals surface area contributed by atoms with E-state index in [2.05, 4.69) is 20.8 Å². The molecule has 0 aliphatic heterocycles. The van der Waals surface area contributed by atoms with Crippen molar-refractivity contribution in [3.63, 3.8) is 0 Å². The van der Waals surface area contributed by atoms with Crippen molar-refractivity contribution in [2.75, 3.05) is 0 Å². The summed E-state index contributed by atoms with van der Waals surface area (Å²) in [6.45, 7) is 6.35. The molecule has 0 radical (unpaired) electrons. The molecule has 3 heteroatoms. The van der Waals surface area contributed by atoms with Gasteiger partial charge in [-0.05, 0) is 34.7 Å². The monoisotopic (exact) mass is 304 g/mol. The first-order valence-electron chi connectivity index (χ1n) is 6.85. The molecule has 0 aromatic heterocycles. The minimum absolute atomic E-state index is 0.0151. The lowest BCUT2D eigenvalue weighted by atomic mass is 9.86. The van der Waals surface area contributed by atoms with Crippen LogP contribution in [0.3, 0.4) is 0 Å². The molecule has 0 spiro atoms. The highest BCUT2D eigenvalue weighted by Crippen LogP contribution is 2.23. The Bertz CT molecular complexity index is 654. The summed E-state index contributed by atoms with van der Waals surface area (Å²) in [4.78, 5) is 12.2. The summed E-state index contributed by atoms with van der Waals surface area (Å²) in [7, 11) is 0. The first-order chi connectivity index (χ1) is 9.77. The van der Waals surface area contributed by atoms with Gasteiger partial charge in [-0.2, -0.15) is 0 Å². The molecule has 0 saturated carbocycles. The SMILES string of the molecule is CC(C)(C)c1ccc(C(=O)Cc2cc(Cl)ccc2F)cc1. The van der Waals surface area contributed by atoms with Crippen LogP contribution in [0.15, 0.2) is 42.5 Å². The van der Waals surface area contributed by atoms with E-state index in [-0.39, 0.29) is 17.6 Å². The summed E-state index contributed by atoms with van der Waals surface area (Å²) in [5, 5.41) is 0.433. The number of carbonyl (C=O) groups excluding carboxylic acids is 1. The standard InChI is InChI=1S/C18H18ClFO/c1-18(2,3)14-6-4-12(5-7-14)17(21)11-13-10-15(19)8-9-16(13)20/h4-10H,11H2,1-3H3. The summed E-state index contributed by atoms with van der Waals surface area (Å²) in [6, 6.07) is 11.7. The number of hydrogen-bond donors (Lipinski definition) is 0. The third-order valence-electron chi connectivity index (χ3n) is 3.43. The maximum Gasteiger partial charge on any atom is 0.167 e. The van der Waals surface area contributed by atoms with Crippen molar-refractivity contribution in [2.45, 2.75) is 32.6 Å². The molecule has 0 atom stereocenters. The molecule has 0 aliphatic carbocycles. The van der Waals surface area contributed by atoms with Crippen LogP contribution >= 0.6 is 11.6 Å². The quantitative estimate of drug-likeness (QED) is 0.712. The van der Waals surface area contributed by atoms with E-state index in [1.54, 1.807) is 12.1 Å². The van der Waals surface area contributed by atoms with Crippen molar-refractivity contribution < 1.29 is 9.18 Å². The van der Waals surface area contributed by atoms with Crippen LogP contribution in [-0.2, 0) is 11.8 Å². The fraction of sp³-hybridized carbons (Fsp3) is 0.278. The van der Waals surface area contributed by atoms with Crippen molar-refractivity contribution >= 4 is 17.4 Å². The van der Waals surface area contributed by atoms with Gasteiger partial charge in [0.25, 0.3) is 0 Å². The van der Waals surface area contributed by atoms with Crippen molar-refractivity contribution in [1.29, 1.82) is 0 Å². The smallest absolute Gasteiger partial charge is 0.167 e. The van der Waals surface area contributed by atoms with Gasteiger partial charge in [-0.1, -0.05) is 56.6 Å². The van der Waals surface area contributed by atoms with Gasteiger partial charge < -0.3 is 0 Å². The Labute approximate surface area is 129 Å². The average molecular weight is 305 g/mol. The van der Waals surface area contributed by atoms with Crippen LogP contribution < -0.4 is 0 Å². The van der Waals surface area contributed by atoms with Gasteiger partial charge >= 0.3 is 0 Å². The molecule has 0 fully saturated rings. The lowest BCUT2D eigenvalue weighted by Gasteiger charge is -2.19. The highest BCUT2D eigenvalue weighted by Gasteiger charge is 2.15. The summed E-state index contributed by atoms with van der Waals surface area (Å²) < 4.78 is 13.7. The summed E-state index contributed by atoms with van der Waals surface area (Å²) in [6.07, 6.45) is 0.0151. The normalized spacial score (nSPS) is 11.5. The summed E-state index contributed by atoms with van der Waals surface area (Å²) in [5.74, 6) is -0.518. The molecular formula is C18H18ClFO. The zero-order valence-electron chi connectivity index (χ0n) is 12.4. The average Bonchev–Trinajstić information content (AvgIpc) is 2.42. The van der Waals surface area contributed by atoms with Crippen LogP contribution in [0.5, 0.6) is 0 Å². The Kier molecular flexibility index (Phi) is 4.48. The van der Waals surface area contributed by atoms with Crippen LogP contribution in [0.4, 0.5) is 4.39 Å². The Balaban J connectivity index is 2.19. The van der Waals surface area contributed by atoms with E-state index < -0.39 is 5.82 Å². The molecule has 0 saturated heterocycles. The molecule has 0 unspecified atom stereocenters. The number of hydrogen-bond acceptors (Lipinski definition) is 1. The molecule has 0 N–H and O–H groups in total. The van der Waals surface area contributed by atoms with Gasteiger partial charge in [0.15, 0.2) is 5.78 Å². The highest BCUT2D eigenvalue weighted by molar-refractivity contribution is 6.30. The molecule has 21 heavy (non-hydrogen) atoms. The number of Topliss-reactive ketones (excluding diaryl/α,β-unsaturated/α-hetero) is 1. The van der Waals surface area contributed by atoms with Crippen LogP contribution in [-0.4, -0.2) is 5.78 Å². The van der Waals surface area contributed by atoms with Gasteiger partial charge in [0, 0.05) is 17.0 Å². The summed E-state index contributed by atoms with van der Waals surface area (Å²) >= 11 is 5.84. The third-order valence-corrected chi connectivity index (χ3v) is 3.67. The molecule has 1 nitrogen and oxygen atoms in total. The van der Waals surface area contributed by atoms with E-state index in [4.69, 9.17) is 11.6 Å². The number of ketones is 1. The lowest BCUT2D eigenvalue weighted by molar-refractivity contribution is 0.0992. The Morgan fingerprint density at radius 1 is 1.10 bits per heavy atom. The van der Waals surface area contributed by atoms with E-state index in [0.717, 1.165) is 5.56 Å². The second-order valence-electron chi connectivity index (χ2n) is 6.16. The van der Waals surface area contributed by atoms with Crippen LogP contribution in [0.1, 0.15) is 42.3 Å². The van der Waals surface area contributed by atoms with Crippen molar-refractivity contribution in [3.8, 4) is 0 Å². The topological polar surface area (TPSA) is 17.1 Å². The molecule has 2 rings (SSSR count). The molecular weight excluding hydrogens is 287 g/mol. The third kappa shape index (κ3) is 3.92. The zero-order valence-corrected chi connectivity index (χ0v) is 13.2. The minimum Gasteiger partial charge on any atom is -0.294 e. The van der Waals surface area contributed by atoms with Crippen molar-refractivity contribution in [3.05, 3.63) is 70.0 Å². The van der Waals surface area contributed by atoms with Gasteiger partial charge in [-0.25, -0.2) is 4.39 Å². The van der Waals surface area contributed by atoms with Gasteiger partial charge in [0.1, 0.15) is 5.82 Å². The van der Waals surface area contributed by atoms with Crippen molar-refractivity contribution in [2.24, 2.45) is 0 Å². The lowest BCUT2D eigenvalue weighted by Crippen LogP contribution is -2.12. The van der Waals surface area contributed by atoms with E-state index in [1.807, 2.05) is 12.1 Å². The summed E-state index contributed by atoms with van der Waals surface area (Å²) in [5.41, 5.74) is 2.11.